The average molecular weight is 378 g/mol. The maximum Gasteiger partial charge on any atom is 0.401 e. The van der Waals surface area contributed by atoms with E-state index in [4.69, 9.17) is 0 Å². The van der Waals surface area contributed by atoms with Crippen LogP contribution in [-0.2, 0) is 6.54 Å². The molecule has 0 saturated heterocycles. The normalized spacial score (nSPS) is 11.8. The molecule has 0 atom stereocenters. The van der Waals surface area contributed by atoms with Gasteiger partial charge in [-0.2, -0.15) is 13.2 Å². The first-order valence-corrected chi connectivity index (χ1v) is 6.21. The summed E-state index contributed by atoms with van der Waals surface area (Å²) in [5.74, 6) is 0. The molecule has 1 N–H and O–H groups in total. The van der Waals surface area contributed by atoms with Crippen LogP contribution < -0.4 is 10.9 Å². The van der Waals surface area contributed by atoms with Gasteiger partial charge in [-0.1, -0.05) is 0 Å². The van der Waals surface area contributed by atoms with Gasteiger partial charge in [0.2, 0.25) is 0 Å². The smallest absolute Gasteiger partial charge is 0.312 e. The van der Waals surface area contributed by atoms with Gasteiger partial charge in [0.05, 0.1) is 11.0 Å². The summed E-state index contributed by atoms with van der Waals surface area (Å²) in [6.45, 7) is -0.813. The van der Waals surface area contributed by atoms with E-state index in [-0.39, 0.29) is 18.6 Å². The van der Waals surface area contributed by atoms with Crippen molar-refractivity contribution in [2.75, 3.05) is 13.1 Å². The van der Waals surface area contributed by atoms with E-state index in [0.29, 0.717) is 8.95 Å². The van der Waals surface area contributed by atoms with Crippen molar-refractivity contribution in [3.05, 3.63) is 31.6 Å². The van der Waals surface area contributed by atoms with E-state index in [1.165, 1.54) is 10.8 Å². The third kappa shape index (κ3) is 5.22. The van der Waals surface area contributed by atoms with Crippen LogP contribution in [-0.4, -0.2) is 23.8 Å². The zero-order valence-corrected chi connectivity index (χ0v) is 11.7. The van der Waals surface area contributed by atoms with Crippen LogP contribution in [0.15, 0.2) is 26.0 Å². The molecule has 17 heavy (non-hydrogen) atoms. The quantitative estimate of drug-likeness (QED) is 0.818. The third-order valence-corrected chi connectivity index (χ3v) is 2.87. The molecule has 1 rings (SSSR count). The molecule has 96 valence electrons. The van der Waals surface area contributed by atoms with Gasteiger partial charge >= 0.3 is 6.18 Å². The van der Waals surface area contributed by atoms with Crippen molar-refractivity contribution in [3.8, 4) is 0 Å². The number of hydrogen-bond acceptors (Lipinski definition) is 2. The Morgan fingerprint density at radius 1 is 1.35 bits per heavy atom. The molecule has 1 aromatic heterocycles. The third-order valence-electron chi connectivity index (χ3n) is 1.86. The molecular weight excluding hydrogens is 369 g/mol. The molecule has 3 nitrogen and oxygen atoms in total. The minimum atomic E-state index is -4.23. The first-order valence-electron chi connectivity index (χ1n) is 4.62. The van der Waals surface area contributed by atoms with Crippen LogP contribution in [0.2, 0.25) is 0 Å². The largest absolute Gasteiger partial charge is 0.401 e. The molecule has 0 aliphatic carbocycles. The topological polar surface area (TPSA) is 34.0 Å². The predicted molar refractivity (Wildman–Crippen MR) is 65.0 cm³/mol. The first kappa shape index (κ1) is 14.7. The van der Waals surface area contributed by atoms with Gasteiger partial charge < -0.3 is 9.88 Å². The van der Waals surface area contributed by atoms with Crippen LogP contribution in [0, 0.1) is 0 Å². The van der Waals surface area contributed by atoms with Crippen molar-refractivity contribution < 1.29 is 13.2 Å². The predicted octanol–water partition coefficient (Wildman–Crippen LogP) is 2.53. The van der Waals surface area contributed by atoms with Gasteiger partial charge in [-0.05, 0) is 37.9 Å². The lowest BCUT2D eigenvalue weighted by atomic mass is 10.4. The molecule has 0 amide bonds. The fraction of sp³-hybridized carbons (Fsp3) is 0.444. The Bertz CT molecular complexity index is 445. The SMILES string of the molecule is O=c1c(Br)cc(Br)cn1CCNCC(F)(F)F. The second-order valence-corrected chi connectivity index (χ2v) is 5.07. The lowest BCUT2D eigenvalue weighted by Gasteiger charge is -2.10. The van der Waals surface area contributed by atoms with Crippen molar-refractivity contribution in [2.45, 2.75) is 12.7 Å². The Kier molecular flexibility index (Phi) is 5.21. The second-order valence-electron chi connectivity index (χ2n) is 3.30. The molecule has 0 bridgehead atoms. The van der Waals surface area contributed by atoms with E-state index in [2.05, 4.69) is 37.2 Å². The highest BCUT2D eigenvalue weighted by molar-refractivity contribution is 9.11. The molecule has 0 radical (unpaired) electrons. The van der Waals surface area contributed by atoms with Crippen LogP contribution in [0.1, 0.15) is 0 Å². The molecule has 0 unspecified atom stereocenters. The number of aromatic nitrogens is 1. The van der Waals surface area contributed by atoms with Gasteiger partial charge in [0.25, 0.3) is 5.56 Å². The zero-order valence-electron chi connectivity index (χ0n) is 8.52. The highest BCUT2D eigenvalue weighted by atomic mass is 79.9. The van der Waals surface area contributed by atoms with Crippen LogP contribution in [0.3, 0.4) is 0 Å². The highest BCUT2D eigenvalue weighted by Crippen LogP contribution is 2.13. The second kappa shape index (κ2) is 6.01. The molecule has 8 heteroatoms. The summed E-state index contributed by atoms with van der Waals surface area (Å²) < 4.78 is 37.9. The van der Waals surface area contributed by atoms with Crippen LogP contribution in [0.5, 0.6) is 0 Å². The van der Waals surface area contributed by atoms with Crippen molar-refractivity contribution in [2.24, 2.45) is 0 Å². The first-order chi connectivity index (χ1) is 7.79. The van der Waals surface area contributed by atoms with Gasteiger partial charge in [0.1, 0.15) is 0 Å². The monoisotopic (exact) mass is 376 g/mol. The summed E-state index contributed by atoms with van der Waals surface area (Å²) in [6.07, 6.45) is -2.70. The number of halogens is 5. The van der Waals surface area contributed by atoms with Crippen molar-refractivity contribution >= 4 is 31.9 Å². The Hall–Kier alpha value is -0.340. The molecule has 0 spiro atoms. The Labute approximate surface area is 112 Å². The maximum absolute atomic E-state index is 11.8. The molecule has 1 aromatic rings. The van der Waals surface area contributed by atoms with Crippen molar-refractivity contribution in [3.63, 3.8) is 0 Å². The van der Waals surface area contributed by atoms with Gasteiger partial charge in [-0.25, -0.2) is 0 Å². The van der Waals surface area contributed by atoms with Gasteiger partial charge in [0, 0.05) is 23.8 Å². The van der Waals surface area contributed by atoms with Crippen molar-refractivity contribution in [1.29, 1.82) is 0 Å². The number of nitrogens with one attached hydrogen (secondary N) is 1. The van der Waals surface area contributed by atoms with Gasteiger partial charge in [-0.3, -0.25) is 4.79 Å². The molecule has 1 heterocycles. The molecule has 0 aliphatic rings. The molecule has 0 fully saturated rings. The lowest BCUT2D eigenvalue weighted by molar-refractivity contribution is -0.124. The standard InChI is InChI=1S/C9H9Br2F3N2O/c10-6-3-7(11)8(17)16(4-6)2-1-15-5-9(12,13)14/h3-4,15H,1-2,5H2. The Balaban J connectivity index is 2.56. The summed E-state index contributed by atoms with van der Waals surface area (Å²) in [6, 6.07) is 1.59. The highest BCUT2D eigenvalue weighted by Gasteiger charge is 2.25. The van der Waals surface area contributed by atoms with Crippen LogP contribution in [0.4, 0.5) is 13.2 Å². The van der Waals surface area contributed by atoms with Gasteiger partial charge in [-0.15, -0.1) is 0 Å². The lowest BCUT2D eigenvalue weighted by Crippen LogP contribution is -2.33. The Morgan fingerprint density at radius 3 is 2.59 bits per heavy atom. The summed E-state index contributed by atoms with van der Waals surface area (Å²) in [5.41, 5.74) is -0.276. The minimum Gasteiger partial charge on any atom is -0.312 e. The van der Waals surface area contributed by atoms with E-state index in [9.17, 15) is 18.0 Å². The molecule has 0 aromatic carbocycles. The minimum absolute atomic E-state index is 0.0717. The van der Waals surface area contributed by atoms with Crippen molar-refractivity contribution in [1.82, 2.24) is 9.88 Å². The van der Waals surface area contributed by atoms with Gasteiger partial charge in [0.15, 0.2) is 0 Å². The van der Waals surface area contributed by atoms with E-state index in [0.717, 1.165) is 0 Å². The zero-order chi connectivity index (χ0) is 13.1. The summed E-state index contributed by atoms with van der Waals surface area (Å²) in [4.78, 5) is 11.6. The number of rotatable bonds is 4. The number of alkyl halides is 3. The van der Waals surface area contributed by atoms with Crippen LogP contribution in [0.25, 0.3) is 0 Å². The van der Waals surface area contributed by atoms with E-state index < -0.39 is 12.7 Å². The molecular formula is C9H9Br2F3N2O. The molecule has 0 aliphatic heterocycles. The maximum atomic E-state index is 11.8. The Morgan fingerprint density at radius 2 is 2.00 bits per heavy atom. The van der Waals surface area contributed by atoms with E-state index >= 15 is 0 Å². The van der Waals surface area contributed by atoms with E-state index in [1.54, 1.807) is 6.07 Å². The number of nitrogens with zero attached hydrogens (tertiary/aromatic N) is 1. The summed E-state index contributed by atoms with van der Waals surface area (Å²) in [7, 11) is 0. The summed E-state index contributed by atoms with van der Waals surface area (Å²) >= 11 is 6.27. The fourth-order valence-electron chi connectivity index (χ4n) is 1.16. The summed E-state index contributed by atoms with van der Waals surface area (Å²) in [5, 5.41) is 2.22. The fourth-order valence-corrected chi connectivity index (χ4v) is 2.42. The molecule has 0 saturated carbocycles. The number of hydrogen-bond donors (Lipinski definition) is 1. The van der Waals surface area contributed by atoms with Crippen LogP contribution >= 0.6 is 31.9 Å². The van der Waals surface area contributed by atoms with E-state index in [1.807, 2.05) is 0 Å². The average Bonchev–Trinajstić information content (AvgIpc) is 2.18. The number of pyridine rings is 1.